The zero-order chi connectivity index (χ0) is 17.0. The second-order valence-electron chi connectivity index (χ2n) is 6.26. The maximum absolute atomic E-state index is 11.5. The van der Waals surface area contributed by atoms with Crippen molar-refractivity contribution in [3.63, 3.8) is 0 Å². The van der Waals surface area contributed by atoms with Crippen molar-refractivity contribution in [1.82, 2.24) is 5.32 Å². The topological polar surface area (TPSA) is 46.2 Å². The monoisotopic (exact) mass is 331 g/mol. The molecule has 0 bridgehead atoms. The van der Waals surface area contributed by atoms with Crippen LogP contribution in [-0.2, 0) is 16.3 Å². The van der Waals surface area contributed by atoms with Gasteiger partial charge in [-0.3, -0.25) is 0 Å². The minimum absolute atomic E-state index is 0.169. The van der Waals surface area contributed by atoms with Crippen LogP contribution in [-0.4, -0.2) is 20.7 Å². The summed E-state index contributed by atoms with van der Waals surface area (Å²) in [5, 5.41) is 3.58. The van der Waals surface area contributed by atoms with E-state index in [9.17, 15) is 8.42 Å². The van der Waals surface area contributed by atoms with Gasteiger partial charge in [0.25, 0.3) is 0 Å². The Hall–Kier alpha value is -1.65. The summed E-state index contributed by atoms with van der Waals surface area (Å²) >= 11 is 0. The third-order valence-corrected chi connectivity index (χ3v) is 5.26. The van der Waals surface area contributed by atoms with Crippen molar-refractivity contribution in [1.29, 1.82) is 0 Å². The molecule has 2 rings (SSSR count). The predicted octanol–water partition coefficient (Wildman–Crippen LogP) is 3.68. The quantitative estimate of drug-likeness (QED) is 0.878. The molecule has 0 fully saturated rings. The smallest absolute Gasteiger partial charge is 0.175 e. The largest absolute Gasteiger partial charge is 0.307 e. The van der Waals surface area contributed by atoms with Crippen LogP contribution in [0.15, 0.2) is 53.4 Å². The van der Waals surface area contributed by atoms with E-state index in [-0.39, 0.29) is 6.04 Å². The molecule has 0 aliphatic carbocycles. The van der Waals surface area contributed by atoms with Crippen molar-refractivity contribution >= 4 is 9.84 Å². The lowest BCUT2D eigenvalue weighted by Gasteiger charge is -2.21. The van der Waals surface area contributed by atoms with Gasteiger partial charge in [0.05, 0.1) is 4.90 Å². The standard InChI is InChI=1S/C19H25NO2S/c1-14-7-5-6-8-18(14)13-15(2)20-16(3)17-9-11-19(12-10-17)23(4,21)22/h5-12,15-16,20H,13H2,1-4H3. The lowest BCUT2D eigenvalue weighted by Crippen LogP contribution is -2.30. The molecule has 0 spiro atoms. The number of benzene rings is 2. The first-order chi connectivity index (χ1) is 10.8. The first-order valence-corrected chi connectivity index (χ1v) is 9.77. The summed E-state index contributed by atoms with van der Waals surface area (Å²) in [6.45, 7) is 6.41. The average Bonchev–Trinajstić information content (AvgIpc) is 2.49. The molecule has 0 aromatic heterocycles. The maximum atomic E-state index is 11.5. The van der Waals surface area contributed by atoms with Crippen LogP contribution in [0.4, 0.5) is 0 Å². The van der Waals surface area contributed by atoms with E-state index in [1.807, 2.05) is 12.1 Å². The van der Waals surface area contributed by atoms with Crippen LogP contribution in [0.5, 0.6) is 0 Å². The lowest BCUT2D eigenvalue weighted by molar-refractivity contribution is 0.476. The summed E-state index contributed by atoms with van der Waals surface area (Å²) in [6.07, 6.45) is 2.20. The molecule has 3 nitrogen and oxygen atoms in total. The summed E-state index contributed by atoms with van der Waals surface area (Å²) in [4.78, 5) is 0.362. The van der Waals surface area contributed by atoms with Crippen LogP contribution in [0.25, 0.3) is 0 Å². The molecule has 0 heterocycles. The number of nitrogens with one attached hydrogen (secondary N) is 1. The van der Waals surface area contributed by atoms with Crippen LogP contribution in [0, 0.1) is 6.92 Å². The summed E-state index contributed by atoms with van der Waals surface area (Å²) in [5.41, 5.74) is 3.76. The molecule has 1 N–H and O–H groups in total. The van der Waals surface area contributed by atoms with Crippen molar-refractivity contribution in [2.75, 3.05) is 6.26 Å². The van der Waals surface area contributed by atoms with Gasteiger partial charge in [0.2, 0.25) is 0 Å². The molecule has 0 aliphatic rings. The Morgan fingerprint density at radius 1 is 1.00 bits per heavy atom. The summed E-state index contributed by atoms with van der Waals surface area (Å²) < 4.78 is 23.0. The van der Waals surface area contributed by atoms with Gasteiger partial charge in [0, 0.05) is 18.3 Å². The van der Waals surface area contributed by atoms with E-state index in [2.05, 4.69) is 50.4 Å². The van der Waals surface area contributed by atoms with E-state index in [4.69, 9.17) is 0 Å². The molecule has 0 saturated carbocycles. The summed E-state index contributed by atoms with van der Waals surface area (Å²) in [7, 11) is -3.13. The van der Waals surface area contributed by atoms with E-state index in [0.29, 0.717) is 10.9 Å². The van der Waals surface area contributed by atoms with E-state index in [1.54, 1.807) is 12.1 Å². The molecule has 4 heteroatoms. The zero-order valence-corrected chi connectivity index (χ0v) is 15.0. The molecule has 0 aliphatic heterocycles. The minimum atomic E-state index is -3.13. The Labute approximate surface area is 139 Å². The maximum Gasteiger partial charge on any atom is 0.175 e. The van der Waals surface area contributed by atoms with Crippen LogP contribution >= 0.6 is 0 Å². The minimum Gasteiger partial charge on any atom is -0.307 e. The molecular formula is C19H25NO2S. The molecular weight excluding hydrogens is 306 g/mol. The van der Waals surface area contributed by atoms with Crippen molar-refractivity contribution in [2.24, 2.45) is 0 Å². The van der Waals surface area contributed by atoms with Gasteiger partial charge >= 0.3 is 0 Å². The normalized spacial score (nSPS) is 14.4. The number of hydrogen-bond acceptors (Lipinski definition) is 3. The molecule has 2 unspecified atom stereocenters. The van der Waals surface area contributed by atoms with Crippen molar-refractivity contribution in [2.45, 2.75) is 44.2 Å². The fourth-order valence-electron chi connectivity index (χ4n) is 2.75. The summed E-state index contributed by atoms with van der Waals surface area (Å²) in [6, 6.07) is 16.1. The number of hydrogen-bond donors (Lipinski definition) is 1. The first kappa shape index (κ1) is 17.7. The number of rotatable bonds is 6. The zero-order valence-electron chi connectivity index (χ0n) is 14.2. The number of aryl methyl sites for hydroxylation is 1. The van der Waals surface area contributed by atoms with Gasteiger partial charge in [0.15, 0.2) is 9.84 Å². The predicted molar refractivity (Wildman–Crippen MR) is 95.4 cm³/mol. The van der Waals surface area contributed by atoms with Crippen LogP contribution in [0.3, 0.4) is 0 Å². The first-order valence-electron chi connectivity index (χ1n) is 7.88. The highest BCUT2D eigenvalue weighted by molar-refractivity contribution is 7.90. The van der Waals surface area contributed by atoms with Gasteiger partial charge in [-0.15, -0.1) is 0 Å². The van der Waals surface area contributed by atoms with Gasteiger partial charge in [-0.25, -0.2) is 8.42 Å². The second kappa shape index (κ2) is 7.28. The van der Waals surface area contributed by atoms with Gasteiger partial charge in [-0.05, 0) is 56.0 Å². The van der Waals surface area contributed by atoms with E-state index < -0.39 is 9.84 Å². The molecule has 2 aromatic rings. The molecule has 0 amide bonds. The second-order valence-corrected chi connectivity index (χ2v) is 8.28. The fourth-order valence-corrected chi connectivity index (χ4v) is 3.39. The van der Waals surface area contributed by atoms with Gasteiger partial charge in [-0.2, -0.15) is 0 Å². The highest BCUT2D eigenvalue weighted by atomic mass is 32.2. The highest BCUT2D eigenvalue weighted by Crippen LogP contribution is 2.18. The van der Waals surface area contributed by atoms with Crippen molar-refractivity contribution in [3.05, 3.63) is 65.2 Å². The van der Waals surface area contributed by atoms with Gasteiger partial charge in [0.1, 0.15) is 0 Å². The molecule has 23 heavy (non-hydrogen) atoms. The van der Waals surface area contributed by atoms with Crippen molar-refractivity contribution in [3.8, 4) is 0 Å². The third-order valence-electron chi connectivity index (χ3n) is 4.13. The molecule has 0 saturated heterocycles. The Morgan fingerprint density at radius 3 is 2.17 bits per heavy atom. The Balaban J connectivity index is 2.01. The Bertz CT molecular complexity index is 751. The van der Waals surface area contributed by atoms with Gasteiger partial charge in [-0.1, -0.05) is 36.4 Å². The van der Waals surface area contributed by atoms with Gasteiger partial charge < -0.3 is 5.32 Å². The highest BCUT2D eigenvalue weighted by Gasteiger charge is 2.12. The average molecular weight is 331 g/mol. The van der Waals surface area contributed by atoms with E-state index in [1.165, 1.54) is 17.4 Å². The third kappa shape index (κ3) is 4.91. The molecule has 0 radical (unpaired) electrons. The van der Waals surface area contributed by atoms with E-state index >= 15 is 0 Å². The fraction of sp³-hybridized carbons (Fsp3) is 0.368. The number of sulfone groups is 1. The van der Waals surface area contributed by atoms with Crippen LogP contribution in [0.1, 0.15) is 36.6 Å². The molecule has 2 atom stereocenters. The van der Waals surface area contributed by atoms with Crippen LogP contribution < -0.4 is 5.32 Å². The lowest BCUT2D eigenvalue weighted by atomic mass is 10.0. The SMILES string of the molecule is Cc1ccccc1CC(C)NC(C)c1ccc(S(C)(=O)=O)cc1. The van der Waals surface area contributed by atoms with Crippen molar-refractivity contribution < 1.29 is 8.42 Å². The molecule has 2 aromatic carbocycles. The Morgan fingerprint density at radius 2 is 1.61 bits per heavy atom. The summed E-state index contributed by atoms with van der Waals surface area (Å²) in [5.74, 6) is 0. The molecule has 124 valence electrons. The van der Waals surface area contributed by atoms with Crippen LogP contribution in [0.2, 0.25) is 0 Å². The van der Waals surface area contributed by atoms with E-state index in [0.717, 1.165) is 12.0 Å². The Kier molecular flexibility index (Phi) is 5.60.